The fraction of sp³-hybridized carbons (Fsp3) is 0.188. The van der Waals surface area contributed by atoms with Gasteiger partial charge in [-0.15, -0.1) is 0 Å². The smallest absolute Gasteiger partial charge is 0.159 e. The SMILES string of the molecule is CC(=O)c1cccc(Oc2ccc(C)cc2C)c1. The van der Waals surface area contributed by atoms with Gasteiger partial charge in [-0.25, -0.2) is 0 Å². The van der Waals surface area contributed by atoms with Crippen molar-refractivity contribution < 1.29 is 9.53 Å². The predicted octanol–water partition coefficient (Wildman–Crippen LogP) is 4.30. The highest BCUT2D eigenvalue weighted by atomic mass is 16.5. The van der Waals surface area contributed by atoms with Crippen LogP contribution in [0.15, 0.2) is 42.5 Å². The molecule has 0 N–H and O–H groups in total. The van der Waals surface area contributed by atoms with Crippen molar-refractivity contribution in [2.24, 2.45) is 0 Å². The summed E-state index contributed by atoms with van der Waals surface area (Å²) in [6, 6.07) is 13.3. The number of rotatable bonds is 3. The molecule has 0 fully saturated rings. The van der Waals surface area contributed by atoms with Crippen molar-refractivity contribution in [2.75, 3.05) is 0 Å². The predicted molar refractivity (Wildman–Crippen MR) is 72.4 cm³/mol. The van der Waals surface area contributed by atoms with Gasteiger partial charge < -0.3 is 4.74 Å². The molecular weight excluding hydrogens is 224 g/mol. The lowest BCUT2D eigenvalue weighted by Gasteiger charge is -2.10. The van der Waals surface area contributed by atoms with E-state index in [1.807, 2.05) is 38.1 Å². The van der Waals surface area contributed by atoms with E-state index >= 15 is 0 Å². The quantitative estimate of drug-likeness (QED) is 0.748. The summed E-state index contributed by atoms with van der Waals surface area (Å²) < 4.78 is 5.80. The van der Waals surface area contributed by atoms with Crippen molar-refractivity contribution >= 4 is 5.78 Å². The van der Waals surface area contributed by atoms with E-state index < -0.39 is 0 Å². The Morgan fingerprint density at radius 2 is 1.83 bits per heavy atom. The Kier molecular flexibility index (Phi) is 3.47. The summed E-state index contributed by atoms with van der Waals surface area (Å²) in [5.41, 5.74) is 2.96. The largest absolute Gasteiger partial charge is 0.457 e. The molecule has 0 saturated heterocycles. The average Bonchev–Trinajstić information content (AvgIpc) is 2.33. The van der Waals surface area contributed by atoms with Crippen LogP contribution in [0.2, 0.25) is 0 Å². The maximum absolute atomic E-state index is 11.3. The van der Waals surface area contributed by atoms with E-state index in [1.54, 1.807) is 19.1 Å². The van der Waals surface area contributed by atoms with Gasteiger partial charge in [-0.2, -0.15) is 0 Å². The molecule has 18 heavy (non-hydrogen) atoms. The van der Waals surface area contributed by atoms with Crippen LogP contribution in [0.1, 0.15) is 28.4 Å². The first-order valence-electron chi connectivity index (χ1n) is 5.92. The van der Waals surface area contributed by atoms with Gasteiger partial charge in [-0.3, -0.25) is 4.79 Å². The van der Waals surface area contributed by atoms with Crippen LogP contribution < -0.4 is 4.74 Å². The number of aryl methyl sites for hydroxylation is 2. The van der Waals surface area contributed by atoms with E-state index in [9.17, 15) is 4.79 Å². The van der Waals surface area contributed by atoms with Gasteiger partial charge in [0.2, 0.25) is 0 Å². The highest BCUT2D eigenvalue weighted by Gasteiger charge is 2.04. The number of carbonyl (C=O) groups is 1. The summed E-state index contributed by atoms with van der Waals surface area (Å²) in [6.07, 6.45) is 0. The summed E-state index contributed by atoms with van der Waals surface area (Å²) in [7, 11) is 0. The van der Waals surface area contributed by atoms with Crippen molar-refractivity contribution in [1.82, 2.24) is 0 Å². The van der Waals surface area contributed by atoms with Crippen LogP contribution in [0.3, 0.4) is 0 Å². The van der Waals surface area contributed by atoms with E-state index in [-0.39, 0.29) is 5.78 Å². The Balaban J connectivity index is 2.28. The summed E-state index contributed by atoms with van der Waals surface area (Å²) in [4.78, 5) is 11.3. The van der Waals surface area contributed by atoms with Gasteiger partial charge in [0.05, 0.1) is 0 Å². The van der Waals surface area contributed by atoms with Crippen molar-refractivity contribution in [1.29, 1.82) is 0 Å². The van der Waals surface area contributed by atoms with Crippen molar-refractivity contribution in [3.63, 3.8) is 0 Å². The van der Waals surface area contributed by atoms with Gasteiger partial charge in [-0.05, 0) is 44.5 Å². The third-order valence-electron chi connectivity index (χ3n) is 2.80. The van der Waals surface area contributed by atoms with Gasteiger partial charge in [-0.1, -0.05) is 29.8 Å². The van der Waals surface area contributed by atoms with Gasteiger partial charge in [0.1, 0.15) is 11.5 Å². The number of ether oxygens (including phenoxy) is 1. The third kappa shape index (κ3) is 2.77. The summed E-state index contributed by atoms with van der Waals surface area (Å²) >= 11 is 0. The minimum absolute atomic E-state index is 0.0427. The molecule has 0 unspecified atom stereocenters. The molecule has 0 bridgehead atoms. The van der Waals surface area contributed by atoms with Crippen LogP contribution in [0.4, 0.5) is 0 Å². The number of hydrogen-bond acceptors (Lipinski definition) is 2. The Bertz CT molecular complexity index is 585. The highest BCUT2D eigenvalue weighted by molar-refractivity contribution is 5.94. The number of ketones is 1. The zero-order chi connectivity index (χ0) is 13.1. The molecule has 0 aromatic heterocycles. The molecule has 0 saturated carbocycles. The number of benzene rings is 2. The van der Waals surface area contributed by atoms with E-state index in [0.717, 1.165) is 11.3 Å². The highest BCUT2D eigenvalue weighted by Crippen LogP contribution is 2.26. The molecule has 0 amide bonds. The zero-order valence-corrected chi connectivity index (χ0v) is 10.9. The van der Waals surface area contributed by atoms with E-state index in [1.165, 1.54) is 5.56 Å². The van der Waals surface area contributed by atoms with Crippen LogP contribution in [0.25, 0.3) is 0 Å². The third-order valence-corrected chi connectivity index (χ3v) is 2.80. The Hall–Kier alpha value is -2.09. The fourth-order valence-electron chi connectivity index (χ4n) is 1.82. The van der Waals surface area contributed by atoms with Crippen LogP contribution >= 0.6 is 0 Å². The van der Waals surface area contributed by atoms with Crippen molar-refractivity contribution in [3.8, 4) is 11.5 Å². The van der Waals surface area contributed by atoms with Gasteiger partial charge in [0, 0.05) is 5.56 Å². The topological polar surface area (TPSA) is 26.3 Å². The minimum Gasteiger partial charge on any atom is -0.457 e. The first-order valence-corrected chi connectivity index (χ1v) is 5.92. The van der Waals surface area contributed by atoms with E-state index in [0.29, 0.717) is 11.3 Å². The lowest BCUT2D eigenvalue weighted by atomic mass is 10.1. The average molecular weight is 240 g/mol. The normalized spacial score (nSPS) is 10.2. The van der Waals surface area contributed by atoms with Crippen LogP contribution in [0, 0.1) is 13.8 Å². The van der Waals surface area contributed by atoms with Gasteiger partial charge in [0.15, 0.2) is 5.78 Å². The molecule has 2 aromatic carbocycles. The second kappa shape index (κ2) is 5.05. The second-order valence-electron chi connectivity index (χ2n) is 4.46. The van der Waals surface area contributed by atoms with E-state index in [2.05, 4.69) is 6.07 Å². The zero-order valence-electron chi connectivity index (χ0n) is 10.9. The molecule has 2 nitrogen and oxygen atoms in total. The molecule has 0 atom stereocenters. The van der Waals surface area contributed by atoms with Crippen molar-refractivity contribution in [2.45, 2.75) is 20.8 Å². The van der Waals surface area contributed by atoms with Crippen molar-refractivity contribution in [3.05, 3.63) is 59.2 Å². The van der Waals surface area contributed by atoms with Gasteiger partial charge >= 0.3 is 0 Å². The van der Waals surface area contributed by atoms with Crippen LogP contribution in [-0.4, -0.2) is 5.78 Å². The Morgan fingerprint density at radius 1 is 1.06 bits per heavy atom. The monoisotopic (exact) mass is 240 g/mol. The first-order chi connectivity index (χ1) is 8.56. The molecule has 2 aromatic rings. The molecule has 2 rings (SSSR count). The molecule has 0 radical (unpaired) electrons. The fourth-order valence-corrected chi connectivity index (χ4v) is 1.82. The van der Waals surface area contributed by atoms with Crippen LogP contribution in [0.5, 0.6) is 11.5 Å². The molecule has 0 aliphatic heterocycles. The molecule has 0 spiro atoms. The Morgan fingerprint density at radius 3 is 2.50 bits per heavy atom. The summed E-state index contributed by atoms with van der Waals surface area (Å²) in [5, 5.41) is 0. The summed E-state index contributed by atoms with van der Waals surface area (Å²) in [5.74, 6) is 1.55. The number of hydrogen-bond donors (Lipinski definition) is 0. The standard InChI is InChI=1S/C16H16O2/c1-11-7-8-16(12(2)9-11)18-15-6-4-5-14(10-15)13(3)17/h4-10H,1-3H3. The second-order valence-corrected chi connectivity index (χ2v) is 4.46. The maximum atomic E-state index is 11.3. The molecule has 0 heterocycles. The van der Waals surface area contributed by atoms with Crippen LogP contribution in [-0.2, 0) is 0 Å². The lowest BCUT2D eigenvalue weighted by molar-refractivity contribution is 0.101. The molecule has 92 valence electrons. The first kappa shape index (κ1) is 12.4. The van der Waals surface area contributed by atoms with Gasteiger partial charge in [0.25, 0.3) is 0 Å². The lowest BCUT2D eigenvalue weighted by Crippen LogP contribution is -1.93. The molecule has 0 aliphatic carbocycles. The Labute approximate surface area is 107 Å². The molecule has 0 aliphatic rings. The summed E-state index contributed by atoms with van der Waals surface area (Å²) in [6.45, 7) is 5.61. The van der Waals surface area contributed by atoms with E-state index in [4.69, 9.17) is 4.74 Å². The molecule has 2 heteroatoms. The maximum Gasteiger partial charge on any atom is 0.159 e. The minimum atomic E-state index is 0.0427. The number of carbonyl (C=O) groups excluding carboxylic acids is 1. The number of Topliss-reactive ketones (excluding diaryl/α,β-unsaturated/α-hetero) is 1. The molecular formula is C16H16O2.